The Morgan fingerprint density at radius 1 is 1.14 bits per heavy atom. The summed E-state index contributed by atoms with van der Waals surface area (Å²) in [5.41, 5.74) is 0.576. The molecular weight excluding hydrogens is 614 g/mol. The third-order valence-electron chi connectivity index (χ3n) is 8.14. The van der Waals surface area contributed by atoms with Crippen LogP contribution in [0.5, 0.6) is 0 Å². The molecular formula is C27H29ClF2N4O6S2. The maximum atomic E-state index is 14.5. The van der Waals surface area contributed by atoms with Crippen LogP contribution in [0, 0.1) is 23.5 Å². The number of halogens is 3. The molecule has 0 radical (unpaired) electrons. The van der Waals surface area contributed by atoms with Crippen LogP contribution >= 0.6 is 22.9 Å². The van der Waals surface area contributed by atoms with Gasteiger partial charge in [-0.2, -0.15) is 0 Å². The summed E-state index contributed by atoms with van der Waals surface area (Å²) in [4.78, 5) is 33.4. The number of benzene rings is 1. The number of ether oxygens (including phenoxy) is 1. The number of nitrogens with one attached hydrogen (secondary N) is 1. The highest BCUT2D eigenvalue weighted by molar-refractivity contribution is 7.89. The molecule has 1 saturated heterocycles. The van der Waals surface area contributed by atoms with Crippen LogP contribution in [0.2, 0.25) is 5.02 Å². The molecule has 2 aliphatic heterocycles. The van der Waals surface area contributed by atoms with Crippen molar-refractivity contribution in [3.63, 3.8) is 0 Å². The Bertz CT molecular complexity index is 1530. The molecule has 1 saturated carbocycles. The SMILES string of the molecule is COC(=O)C1=C(C2CCN(S(=O)(=O)C3CCC(C(=O)O)CC3)CC2)NC(c2nccs2)=N[C@@H]1c1ccc(F)c(F)c1Cl. The molecule has 3 heterocycles. The van der Waals surface area contributed by atoms with Crippen molar-refractivity contribution in [2.75, 3.05) is 20.2 Å². The van der Waals surface area contributed by atoms with Crippen molar-refractivity contribution >= 4 is 50.7 Å². The number of piperidine rings is 1. The number of hydrogen-bond donors (Lipinski definition) is 2. The van der Waals surface area contributed by atoms with E-state index < -0.39 is 55.8 Å². The van der Waals surface area contributed by atoms with E-state index in [0.717, 1.165) is 6.07 Å². The number of nitrogens with zero attached hydrogens (tertiary/aromatic N) is 3. The molecule has 2 fully saturated rings. The van der Waals surface area contributed by atoms with Crippen LogP contribution in [0.4, 0.5) is 8.78 Å². The Hall–Kier alpha value is -2.94. The van der Waals surface area contributed by atoms with E-state index in [2.05, 4.69) is 15.3 Å². The molecule has 1 aromatic heterocycles. The van der Waals surface area contributed by atoms with Crippen LogP contribution in [0.15, 0.2) is 40.0 Å². The second-order valence-electron chi connectivity index (χ2n) is 10.5. The topological polar surface area (TPSA) is 138 Å². The molecule has 1 aliphatic carbocycles. The van der Waals surface area contributed by atoms with Crippen LogP contribution in [0.1, 0.15) is 55.1 Å². The van der Waals surface area contributed by atoms with Gasteiger partial charge in [0, 0.05) is 41.8 Å². The predicted octanol–water partition coefficient (Wildman–Crippen LogP) is 4.28. The fraction of sp³-hybridized carbons (Fsp3) is 0.481. The van der Waals surface area contributed by atoms with E-state index in [-0.39, 0.29) is 30.1 Å². The van der Waals surface area contributed by atoms with Gasteiger partial charge in [0.25, 0.3) is 0 Å². The number of sulfonamides is 1. The van der Waals surface area contributed by atoms with Gasteiger partial charge in [0.15, 0.2) is 22.5 Å². The second-order valence-corrected chi connectivity index (χ2v) is 13.9. The molecule has 0 spiro atoms. The minimum Gasteiger partial charge on any atom is -0.481 e. The largest absolute Gasteiger partial charge is 0.481 e. The molecule has 15 heteroatoms. The Labute approximate surface area is 250 Å². The first kappa shape index (κ1) is 30.5. The lowest BCUT2D eigenvalue weighted by atomic mass is 9.86. The normalized spacial score (nSPS) is 24.2. The van der Waals surface area contributed by atoms with Crippen LogP contribution in [-0.2, 0) is 24.3 Å². The first-order chi connectivity index (χ1) is 20.0. The maximum Gasteiger partial charge on any atom is 0.338 e. The van der Waals surface area contributed by atoms with Gasteiger partial charge in [0.05, 0.1) is 28.9 Å². The average Bonchev–Trinajstić information content (AvgIpc) is 3.54. The summed E-state index contributed by atoms with van der Waals surface area (Å²) < 4.78 is 61.9. The predicted molar refractivity (Wildman–Crippen MR) is 152 cm³/mol. The van der Waals surface area contributed by atoms with Gasteiger partial charge in [0.2, 0.25) is 10.0 Å². The Morgan fingerprint density at radius 3 is 2.43 bits per heavy atom. The highest BCUT2D eigenvalue weighted by Crippen LogP contribution is 2.41. The number of amidine groups is 1. The van der Waals surface area contributed by atoms with E-state index in [1.165, 1.54) is 28.8 Å². The van der Waals surface area contributed by atoms with Crippen molar-refractivity contribution in [2.45, 2.75) is 49.8 Å². The van der Waals surface area contributed by atoms with Gasteiger partial charge in [-0.15, -0.1) is 11.3 Å². The minimum absolute atomic E-state index is 0.0685. The van der Waals surface area contributed by atoms with Crippen molar-refractivity contribution in [1.29, 1.82) is 0 Å². The second kappa shape index (κ2) is 12.3. The Kier molecular flexibility index (Phi) is 8.97. The fourth-order valence-corrected chi connectivity index (χ4v) is 8.72. The summed E-state index contributed by atoms with van der Waals surface area (Å²) in [5.74, 6) is -4.58. The molecule has 0 amide bonds. The molecule has 2 aromatic rings. The third-order valence-corrected chi connectivity index (χ3v) is 11.7. The van der Waals surface area contributed by atoms with Gasteiger partial charge in [-0.25, -0.2) is 31.3 Å². The molecule has 226 valence electrons. The van der Waals surface area contributed by atoms with E-state index >= 15 is 0 Å². The lowest BCUT2D eigenvalue weighted by molar-refractivity contribution is -0.142. The monoisotopic (exact) mass is 642 g/mol. The average molecular weight is 643 g/mol. The first-order valence-electron chi connectivity index (χ1n) is 13.4. The standard InChI is InChI=1S/C27H29ClF2N4O6S2/c1-40-27(37)19-22(14-8-11-34(12-9-14)42(38,39)16-4-2-15(3-5-16)26(35)36)32-24(25-31-10-13-41-25)33-23(19)17-6-7-18(29)21(30)20(17)28/h6-7,10,13-16,23H,2-5,8-9,11-12H2,1H3,(H,32,33)(H,35,36)/t15?,16?,23-/m1/s1. The number of aromatic nitrogens is 1. The summed E-state index contributed by atoms with van der Waals surface area (Å²) in [6.07, 6.45) is 3.52. The van der Waals surface area contributed by atoms with Crippen molar-refractivity contribution in [3.8, 4) is 0 Å². The molecule has 1 aromatic carbocycles. The van der Waals surface area contributed by atoms with Crippen LogP contribution in [0.25, 0.3) is 0 Å². The molecule has 0 bridgehead atoms. The van der Waals surface area contributed by atoms with E-state index in [1.807, 2.05) is 0 Å². The number of hydrogen-bond acceptors (Lipinski definition) is 9. The van der Waals surface area contributed by atoms with Crippen molar-refractivity contribution in [3.05, 3.63) is 62.2 Å². The van der Waals surface area contributed by atoms with Crippen LogP contribution < -0.4 is 5.32 Å². The van der Waals surface area contributed by atoms with E-state index in [0.29, 0.717) is 55.1 Å². The summed E-state index contributed by atoms with van der Waals surface area (Å²) in [5, 5.41) is 13.6. The number of carbonyl (C=O) groups excluding carboxylic acids is 1. The molecule has 10 nitrogen and oxygen atoms in total. The molecule has 3 aliphatic rings. The van der Waals surface area contributed by atoms with Gasteiger partial charge >= 0.3 is 11.9 Å². The summed E-state index contributed by atoms with van der Waals surface area (Å²) in [7, 11) is -2.45. The summed E-state index contributed by atoms with van der Waals surface area (Å²) in [6.45, 7) is 0.373. The smallest absolute Gasteiger partial charge is 0.338 e. The third kappa shape index (κ3) is 5.81. The fourth-order valence-electron chi connectivity index (χ4n) is 5.87. The summed E-state index contributed by atoms with van der Waals surface area (Å²) >= 11 is 7.51. The number of thiazole rings is 1. The van der Waals surface area contributed by atoms with E-state index in [1.54, 1.807) is 11.6 Å². The summed E-state index contributed by atoms with van der Waals surface area (Å²) in [6, 6.07) is 1.05. The highest BCUT2D eigenvalue weighted by Gasteiger charge is 2.41. The minimum atomic E-state index is -3.65. The number of aliphatic carboxylic acids is 1. The zero-order chi connectivity index (χ0) is 30.2. The molecule has 1 atom stereocenters. The quantitative estimate of drug-likeness (QED) is 0.337. The van der Waals surface area contributed by atoms with Gasteiger partial charge in [-0.3, -0.25) is 9.79 Å². The molecule has 2 N–H and O–H groups in total. The number of methoxy groups -OCH3 is 1. The number of carbonyl (C=O) groups is 2. The lowest BCUT2D eigenvalue weighted by Crippen LogP contribution is -2.46. The van der Waals surface area contributed by atoms with Crippen molar-refractivity contribution in [2.24, 2.45) is 16.8 Å². The number of carboxylic acid groups (broad SMARTS) is 1. The number of allylic oxidation sites excluding steroid dienone is 1. The lowest BCUT2D eigenvalue weighted by Gasteiger charge is -2.38. The Balaban J connectivity index is 1.45. The van der Waals surface area contributed by atoms with Crippen molar-refractivity contribution < 1.29 is 36.6 Å². The van der Waals surface area contributed by atoms with Gasteiger partial charge in [0.1, 0.15) is 6.04 Å². The highest BCUT2D eigenvalue weighted by atomic mass is 35.5. The number of rotatable bonds is 7. The Morgan fingerprint density at radius 2 is 1.83 bits per heavy atom. The van der Waals surface area contributed by atoms with Crippen LogP contribution in [0.3, 0.4) is 0 Å². The van der Waals surface area contributed by atoms with Gasteiger partial charge in [-0.05, 0) is 44.6 Å². The molecule has 42 heavy (non-hydrogen) atoms. The van der Waals surface area contributed by atoms with Gasteiger partial charge in [-0.1, -0.05) is 17.7 Å². The maximum absolute atomic E-state index is 14.5. The first-order valence-corrected chi connectivity index (χ1v) is 16.2. The molecule has 0 unspecified atom stereocenters. The van der Waals surface area contributed by atoms with Gasteiger partial charge < -0.3 is 15.2 Å². The van der Waals surface area contributed by atoms with E-state index in [4.69, 9.17) is 16.3 Å². The number of carboxylic acids is 1. The van der Waals surface area contributed by atoms with Crippen LogP contribution in [-0.4, -0.2) is 66.0 Å². The van der Waals surface area contributed by atoms with Crippen molar-refractivity contribution in [1.82, 2.24) is 14.6 Å². The molecule has 5 rings (SSSR count). The number of aliphatic imine (C=N–C) groups is 1. The zero-order valence-corrected chi connectivity index (χ0v) is 24.9. The zero-order valence-electron chi connectivity index (χ0n) is 22.6. The van der Waals surface area contributed by atoms with E-state index in [9.17, 15) is 31.9 Å². The number of esters is 1.